The number of piperazine rings is 1. The number of halogens is 1. The summed E-state index contributed by atoms with van der Waals surface area (Å²) in [5.74, 6) is 2.58. The lowest BCUT2D eigenvalue weighted by Crippen LogP contribution is -2.53. The van der Waals surface area contributed by atoms with Crippen LogP contribution in [0.15, 0.2) is 40.0 Å². The molecule has 30 heavy (non-hydrogen) atoms. The van der Waals surface area contributed by atoms with Crippen molar-refractivity contribution in [3.8, 4) is 11.5 Å². The van der Waals surface area contributed by atoms with Crippen LogP contribution in [0.1, 0.15) is 25.1 Å². The number of aliphatic imine (C=N–C) groups is 1. The maximum absolute atomic E-state index is 5.53. The molecule has 4 rings (SSSR count). The minimum atomic E-state index is -0.0777. The molecular weight excluding hydrogens is 497 g/mol. The summed E-state index contributed by atoms with van der Waals surface area (Å²) in [7, 11) is 1.84. The van der Waals surface area contributed by atoms with Crippen LogP contribution in [-0.4, -0.2) is 67.5 Å². The molecule has 1 N–H and O–H groups in total. The number of ether oxygens (including phenoxy) is 2. The summed E-state index contributed by atoms with van der Waals surface area (Å²) >= 11 is 0. The predicted molar refractivity (Wildman–Crippen MR) is 126 cm³/mol. The summed E-state index contributed by atoms with van der Waals surface area (Å²) in [4.78, 5) is 9.21. The number of rotatable bonds is 5. The lowest BCUT2D eigenvalue weighted by molar-refractivity contribution is 0.168. The molecule has 1 aromatic carbocycles. The Morgan fingerprint density at radius 1 is 1.13 bits per heavy atom. The van der Waals surface area contributed by atoms with Gasteiger partial charge in [0.25, 0.3) is 0 Å². The molecule has 0 aliphatic carbocycles. The fourth-order valence-corrected chi connectivity index (χ4v) is 3.72. The molecule has 2 aliphatic heterocycles. The van der Waals surface area contributed by atoms with Gasteiger partial charge in [0.1, 0.15) is 6.26 Å². The van der Waals surface area contributed by atoms with Gasteiger partial charge in [0.15, 0.2) is 17.5 Å². The van der Waals surface area contributed by atoms with Crippen LogP contribution in [0, 0.1) is 0 Å². The molecule has 0 spiro atoms. The van der Waals surface area contributed by atoms with Gasteiger partial charge >= 0.3 is 0 Å². The molecule has 0 saturated carbocycles. The van der Waals surface area contributed by atoms with E-state index in [1.165, 1.54) is 5.56 Å². The SMILES string of the molecule is CN=C(NCC(C)(C)c1ccc2c(c1)OCO2)N1CCN(Cc2ccon2)CC1.I. The number of fused-ring (bicyclic) bond motifs is 1. The monoisotopic (exact) mass is 527 g/mol. The highest BCUT2D eigenvalue weighted by Gasteiger charge is 2.26. The van der Waals surface area contributed by atoms with Gasteiger partial charge in [0.05, 0.1) is 5.69 Å². The van der Waals surface area contributed by atoms with E-state index in [2.05, 4.69) is 51.2 Å². The highest BCUT2D eigenvalue weighted by Crippen LogP contribution is 2.36. The van der Waals surface area contributed by atoms with Gasteiger partial charge in [-0.1, -0.05) is 25.1 Å². The largest absolute Gasteiger partial charge is 0.454 e. The van der Waals surface area contributed by atoms with Crippen molar-refractivity contribution in [1.29, 1.82) is 0 Å². The van der Waals surface area contributed by atoms with E-state index in [0.717, 1.165) is 62.4 Å². The number of nitrogens with one attached hydrogen (secondary N) is 1. The second kappa shape index (κ2) is 9.86. The van der Waals surface area contributed by atoms with E-state index in [0.29, 0.717) is 6.79 Å². The molecule has 0 amide bonds. The van der Waals surface area contributed by atoms with Crippen LogP contribution in [0.25, 0.3) is 0 Å². The average Bonchev–Trinajstić information content (AvgIpc) is 3.40. The van der Waals surface area contributed by atoms with E-state index in [1.54, 1.807) is 6.26 Å². The summed E-state index contributed by atoms with van der Waals surface area (Å²) in [6, 6.07) is 8.10. The van der Waals surface area contributed by atoms with Gasteiger partial charge in [-0.2, -0.15) is 0 Å². The molecule has 2 aromatic rings. The molecule has 164 valence electrons. The van der Waals surface area contributed by atoms with Gasteiger partial charge in [-0.15, -0.1) is 24.0 Å². The van der Waals surface area contributed by atoms with Crippen molar-refractivity contribution < 1.29 is 14.0 Å². The standard InChI is InChI=1S/C21H29N5O3.HI/c1-21(2,16-4-5-18-19(12-16)28-15-27-18)14-23-20(22-3)26-9-7-25(8-10-26)13-17-6-11-29-24-17;/h4-6,11-12H,7-10,13-15H2,1-3H3,(H,22,23);1H. The van der Waals surface area contributed by atoms with Gasteiger partial charge in [-0.3, -0.25) is 9.89 Å². The zero-order chi connectivity index (χ0) is 20.3. The van der Waals surface area contributed by atoms with Crippen molar-refractivity contribution in [2.75, 3.05) is 46.6 Å². The van der Waals surface area contributed by atoms with Crippen LogP contribution in [0.3, 0.4) is 0 Å². The average molecular weight is 527 g/mol. The Hall–Kier alpha value is -2.01. The molecule has 8 nitrogen and oxygen atoms in total. The molecule has 9 heteroatoms. The zero-order valence-electron chi connectivity index (χ0n) is 17.8. The number of nitrogens with zero attached hydrogens (tertiary/aromatic N) is 4. The molecule has 2 aliphatic rings. The molecule has 0 bridgehead atoms. The zero-order valence-corrected chi connectivity index (χ0v) is 20.1. The maximum atomic E-state index is 5.53. The Labute approximate surface area is 194 Å². The topological polar surface area (TPSA) is 75.4 Å². The third-order valence-electron chi connectivity index (χ3n) is 5.60. The van der Waals surface area contributed by atoms with E-state index >= 15 is 0 Å². The lowest BCUT2D eigenvalue weighted by atomic mass is 9.84. The van der Waals surface area contributed by atoms with Gasteiger partial charge in [-0.05, 0) is 17.7 Å². The quantitative estimate of drug-likeness (QED) is 0.364. The van der Waals surface area contributed by atoms with Crippen molar-refractivity contribution >= 4 is 29.9 Å². The minimum absolute atomic E-state index is 0. The Morgan fingerprint density at radius 2 is 1.90 bits per heavy atom. The summed E-state index contributed by atoms with van der Waals surface area (Å²) in [6.45, 7) is 10.2. The minimum Gasteiger partial charge on any atom is -0.454 e. The van der Waals surface area contributed by atoms with Crippen molar-refractivity contribution in [3.63, 3.8) is 0 Å². The number of hydrogen-bond donors (Lipinski definition) is 1. The van der Waals surface area contributed by atoms with Gasteiger partial charge in [0.2, 0.25) is 6.79 Å². The van der Waals surface area contributed by atoms with Crippen LogP contribution in [0.2, 0.25) is 0 Å². The molecule has 0 radical (unpaired) electrons. The van der Waals surface area contributed by atoms with E-state index in [-0.39, 0.29) is 29.4 Å². The third-order valence-corrected chi connectivity index (χ3v) is 5.60. The Balaban J connectivity index is 0.00000256. The van der Waals surface area contributed by atoms with Crippen molar-refractivity contribution in [3.05, 3.63) is 41.8 Å². The smallest absolute Gasteiger partial charge is 0.231 e. The number of guanidine groups is 1. The highest BCUT2D eigenvalue weighted by atomic mass is 127. The lowest BCUT2D eigenvalue weighted by Gasteiger charge is -2.37. The number of hydrogen-bond acceptors (Lipinski definition) is 6. The normalized spacial score (nSPS) is 17.0. The van der Waals surface area contributed by atoms with Crippen LogP contribution >= 0.6 is 24.0 Å². The molecule has 1 aromatic heterocycles. The van der Waals surface area contributed by atoms with E-state index in [9.17, 15) is 0 Å². The molecular formula is C21H30IN5O3. The Kier molecular flexibility index (Phi) is 7.45. The number of aromatic nitrogens is 1. The second-order valence-corrected chi connectivity index (χ2v) is 8.11. The van der Waals surface area contributed by atoms with Gasteiger partial charge in [-0.25, -0.2) is 0 Å². The first kappa shape index (κ1) is 22.7. The summed E-state index contributed by atoms with van der Waals surface area (Å²) in [5.41, 5.74) is 2.11. The number of benzene rings is 1. The molecule has 1 saturated heterocycles. The fourth-order valence-electron chi connectivity index (χ4n) is 3.72. The molecule has 3 heterocycles. The van der Waals surface area contributed by atoms with Crippen molar-refractivity contribution in [2.24, 2.45) is 4.99 Å². The highest BCUT2D eigenvalue weighted by molar-refractivity contribution is 14.0. The van der Waals surface area contributed by atoms with Gasteiger partial charge in [0, 0.05) is 57.8 Å². The first-order valence-corrected chi connectivity index (χ1v) is 10.0. The summed E-state index contributed by atoms with van der Waals surface area (Å²) < 4.78 is 15.9. The Morgan fingerprint density at radius 3 is 2.60 bits per heavy atom. The van der Waals surface area contributed by atoms with Gasteiger partial charge < -0.3 is 24.2 Å². The van der Waals surface area contributed by atoms with Crippen LogP contribution in [0.4, 0.5) is 0 Å². The first-order chi connectivity index (χ1) is 14.0. The van der Waals surface area contributed by atoms with Crippen molar-refractivity contribution in [2.45, 2.75) is 25.8 Å². The fraction of sp³-hybridized carbons (Fsp3) is 0.524. The van der Waals surface area contributed by atoms with Crippen molar-refractivity contribution in [1.82, 2.24) is 20.3 Å². The second-order valence-electron chi connectivity index (χ2n) is 8.11. The summed E-state index contributed by atoms with van der Waals surface area (Å²) in [5, 5.41) is 7.57. The maximum Gasteiger partial charge on any atom is 0.231 e. The van der Waals surface area contributed by atoms with Crippen LogP contribution < -0.4 is 14.8 Å². The van der Waals surface area contributed by atoms with E-state index < -0.39 is 0 Å². The van der Waals surface area contributed by atoms with E-state index in [1.807, 2.05) is 19.2 Å². The molecule has 0 unspecified atom stereocenters. The molecule has 1 fully saturated rings. The van der Waals surface area contributed by atoms with Crippen LogP contribution in [0.5, 0.6) is 11.5 Å². The molecule has 0 atom stereocenters. The summed E-state index contributed by atoms with van der Waals surface area (Å²) in [6.07, 6.45) is 1.62. The van der Waals surface area contributed by atoms with Crippen LogP contribution in [-0.2, 0) is 12.0 Å². The third kappa shape index (κ3) is 5.18. The Bertz CT molecular complexity index is 848. The first-order valence-electron chi connectivity index (χ1n) is 10.0. The predicted octanol–water partition coefficient (Wildman–Crippen LogP) is 2.69. The van der Waals surface area contributed by atoms with E-state index in [4.69, 9.17) is 14.0 Å².